The Morgan fingerprint density at radius 3 is 2.75 bits per heavy atom. The van der Waals surface area contributed by atoms with E-state index in [4.69, 9.17) is 0 Å². The van der Waals surface area contributed by atoms with Gasteiger partial charge >= 0.3 is 0 Å². The van der Waals surface area contributed by atoms with Crippen LogP contribution in [0.2, 0.25) is 0 Å². The molecule has 0 bridgehead atoms. The molecule has 0 saturated heterocycles. The van der Waals surface area contributed by atoms with Crippen molar-refractivity contribution in [1.82, 2.24) is 5.32 Å². The highest BCUT2D eigenvalue weighted by Crippen LogP contribution is 2.29. The maximum absolute atomic E-state index is 3.63. The van der Waals surface area contributed by atoms with Crippen molar-refractivity contribution in [3.8, 4) is 0 Å². The average molecular weight is 217 g/mol. The molecule has 1 nitrogen and oxygen atoms in total. The number of hydrogen-bond donors (Lipinski definition) is 1. The third-order valence-electron chi connectivity index (χ3n) is 3.77. The van der Waals surface area contributed by atoms with Crippen molar-refractivity contribution in [2.24, 2.45) is 5.92 Å². The van der Waals surface area contributed by atoms with Gasteiger partial charge in [0.2, 0.25) is 0 Å². The lowest BCUT2D eigenvalue weighted by Crippen LogP contribution is -2.32. The van der Waals surface area contributed by atoms with E-state index in [1.165, 1.54) is 37.7 Å². The van der Waals surface area contributed by atoms with Crippen molar-refractivity contribution in [2.75, 3.05) is 6.54 Å². The van der Waals surface area contributed by atoms with E-state index in [0.717, 1.165) is 18.5 Å². The molecule has 1 N–H and O–H groups in total. The summed E-state index contributed by atoms with van der Waals surface area (Å²) in [4.78, 5) is 0. The average Bonchev–Trinajstić information content (AvgIpc) is 2.76. The van der Waals surface area contributed by atoms with E-state index in [-0.39, 0.29) is 0 Å². The predicted molar refractivity (Wildman–Crippen MR) is 69.6 cm³/mol. The van der Waals surface area contributed by atoms with E-state index in [2.05, 4.69) is 42.6 Å². The monoisotopic (exact) mass is 217 g/mol. The Hall–Kier alpha value is -0.820. The zero-order valence-electron chi connectivity index (χ0n) is 10.3. The van der Waals surface area contributed by atoms with Crippen LogP contribution in [0.15, 0.2) is 30.3 Å². The first-order valence-electron chi connectivity index (χ1n) is 6.67. The Balaban J connectivity index is 1.81. The molecule has 0 aromatic heterocycles. The second-order valence-electron chi connectivity index (χ2n) is 4.88. The SMILES string of the molecule is CCNC1CCCC1CCc1ccccc1. The molecule has 1 saturated carbocycles. The lowest BCUT2D eigenvalue weighted by molar-refractivity contribution is 0.386. The maximum Gasteiger partial charge on any atom is 0.00953 e. The fourth-order valence-electron chi connectivity index (χ4n) is 2.91. The van der Waals surface area contributed by atoms with Crippen LogP contribution < -0.4 is 5.32 Å². The van der Waals surface area contributed by atoms with Crippen molar-refractivity contribution in [1.29, 1.82) is 0 Å². The Morgan fingerprint density at radius 2 is 2.00 bits per heavy atom. The lowest BCUT2D eigenvalue weighted by Gasteiger charge is -2.20. The molecule has 1 aromatic rings. The minimum Gasteiger partial charge on any atom is -0.314 e. The van der Waals surface area contributed by atoms with Crippen LogP contribution in [-0.4, -0.2) is 12.6 Å². The van der Waals surface area contributed by atoms with Crippen LogP contribution in [0, 0.1) is 5.92 Å². The van der Waals surface area contributed by atoms with Crippen LogP contribution in [-0.2, 0) is 6.42 Å². The topological polar surface area (TPSA) is 12.0 Å². The standard InChI is InChI=1S/C15H23N/c1-2-16-15-10-6-9-14(15)12-11-13-7-4-3-5-8-13/h3-5,7-8,14-16H,2,6,9-12H2,1H3. The zero-order valence-corrected chi connectivity index (χ0v) is 10.3. The van der Waals surface area contributed by atoms with Gasteiger partial charge in [-0.15, -0.1) is 0 Å². The fourth-order valence-corrected chi connectivity index (χ4v) is 2.91. The summed E-state index contributed by atoms with van der Waals surface area (Å²) in [7, 11) is 0. The maximum atomic E-state index is 3.63. The van der Waals surface area contributed by atoms with Crippen LogP contribution >= 0.6 is 0 Å². The van der Waals surface area contributed by atoms with Crippen molar-refractivity contribution in [2.45, 2.75) is 45.1 Å². The summed E-state index contributed by atoms with van der Waals surface area (Å²) in [6, 6.07) is 11.7. The molecule has 0 heterocycles. The van der Waals surface area contributed by atoms with Gasteiger partial charge in [0.05, 0.1) is 0 Å². The molecule has 2 atom stereocenters. The first-order chi connectivity index (χ1) is 7.90. The lowest BCUT2D eigenvalue weighted by atomic mass is 9.95. The molecular weight excluding hydrogens is 194 g/mol. The van der Waals surface area contributed by atoms with E-state index in [1.54, 1.807) is 0 Å². The molecule has 16 heavy (non-hydrogen) atoms. The zero-order chi connectivity index (χ0) is 11.2. The van der Waals surface area contributed by atoms with Crippen LogP contribution in [0.3, 0.4) is 0 Å². The largest absolute Gasteiger partial charge is 0.314 e. The van der Waals surface area contributed by atoms with Crippen LogP contribution in [0.4, 0.5) is 0 Å². The molecule has 1 fully saturated rings. The van der Waals surface area contributed by atoms with Gasteiger partial charge in [0.25, 0.3) is 0 Å². The molecule has 88 valence electrons. The first kappa shape index (κ1) is 11.7. The van der Waals surface area contributed by atoms with E-state index in [1.807, 2.05) is 0 Å². The molecule has 0 spiro atoms. The molecular formula is C15H23N. The van der Waals surface area contributed by atoms with Gasteiger partial charge in [-0.05, 0) is 43.7 Å². The number of aryl methyl sites for hydroxylation is 1. The van der Waals surface area contributed by atoms with Gasteiger partial charge in [0.15, 0.2) is 0 Å². The summed E-state index contributed by atoms with van der Waals surface area (Å²) in [6.07, 6.45) is 6.81. The summed E-state index contributed by atoms with van der Waals surface area (Å²) in [5.41, 5.74) is 1.49. The second-order valence-corrected chi connectivity index (χ2v) is 4.88. The van der Waals surface area contributed by atoms with Crippen LogP contribution in [0.5, 0.6) is 0 Å². The Morgan fingerprint density at radius 1 is 1.19 bits per heavy atom. The summed E-state index contributed by atoms with van der Waals surface area (Å²) in [5, 5.41) is 3.63. The van der Waals surface area contributed by atoms with Crippen LogP contribution in [0.25, 0.3) is 0 Å². The quantitative estimate of drug-likeness (QED) is 0.797. The number of rotatable bonds is 5. The molecule has 0 aliphatic heterocycles. The van der Waals surface area contributed by atoms with Gasteiger partial charge in [-0.1, -0.05) is 43.7 Å². The molecule has 1 aliphatic carbocycles. The fraction of sp³-hybridized carbons (Fsp3) is 0.600. The van der Waals surface area contributed by atoms with E-state index < -0.39 is 0 Å². The van der Waals surface area contributed by atoms with Crippen LogP contribution in [0.1, 0.15) is 38.2 Å². The highest BCUT2D eigenvalue weighted by atomic mass is 14.9. The Labute approximate surface area is 99.3 Å². The summed E-state index contributed by atoms with van der Waals surface area (Å²) in [6.45, 7) is 3.33. The van der Waals surface area contributed by atoms with Crippen molar-refractivity contribution in [3.05, 3.63) is 35.9 Å². The minimum atomic E-state index is 0.786. The highest BCUT2D eigenvalue weighted by Gasteiger charge is 2.25. The Kier molecular flexibility index (Phi) is 4.41. The van der Waals surface area contributed by atoms with Crippen molar-refractivity contribution in [3.63, 3.8) is 0 Å². The van der Waals surface area contributed by atoms with Gasteiger partial charge in [0.1, 0.15) is 0 Å². The third kappa shape index (κ3) is 3.08. The highest BCUT2D eigenvalue weighted by molar-refractivity contribution is 5.14. The number of benzene rings is 1. The van der Waals surface area contributed by atoms with E-state index in [9.17, 15) is 0 Å². The summed E-state index contributed by atoms with van der Waals surface area (Å²) >= 11 is 0. The van der Waals surface area contributed by atoms with Gasteiger partial charge < -0.3 is 5.32 Å². The molecule has 0 radical (unpaired) electrons. The molecule has 2 rings (SSSR count). The first-order valence-corrected chi connectivity index (χ1v) is 6.67. The molecule has 2 unspecified atom stereocenters. The molecule has 1 aromatic carbocycles. The minimum absolute atomic E-state index is 0.786. The van der Waals surface area contributed by atoms with E-state index >= 15 is 0 Å². The number of nitrogens with one attached hydrogen (secondary N) is 1. The molecule has 1 aliphatic rings. The van der Waals surface area contributed by atoms with Crippen molar-refractivity contribution >= 4 is 0 Å². The molecule has 1 heteroatoms. The van der Waals surface area contributed by atoms with Gasteiger partial charge in [-0.2, -0.15) is 0 Å². The Bertz CT molecular complexity index is 294. The van der Waals surface area contributed by atoms with E-state index in [0.29, 0.717) is 0 Å². The predicted octanol–water partition coefficient (Wildman–Crippen LogP) is 3.40. The molecule has 0 amide bonds. The summed E-state index contributed by atoms with van der Waals surface area (Å²) < 4.78 is 0. The van der Waals surface area contributed by atoms with Gasteiger partial charge in [0, 0.05) is 6.04 Å². The second kappa shape index (κ2) is 6.05. The van der Waals surface area contributed by atoms with Gasteiger partial charge in [-0.25, -0.2) is 0 Å². The normalized spacial score (nSPS) is 24.8. The van der Waals surface area contributed by atoms with Gasteiger partial charge in [-0.3, -0.25) is 0 Å². The summed E-state index contributed by atoms with van der Waals surface area (Å²) in [5.74, 6) is 0.903. The number of hydrogen-bond acceptors (Lipinski definition) is 1. The van der Waals surface area contributed by atoms with Crippen molar-refractivity contribution < 1.29 is 0 Å². The smallest absolute Gasteiger partial charge is 0.00953 e. The third-order valence-corrected chi connectivity index (χ3v) is 3.77.